The van der Waals surface area contributed by atoms with Crippen LogP contribution in [0.3, 0.4) is 0 Å². The van der Waals surface area contributed by atoms with E-state index in [1.54, 1.807) is 0 Å². The number of Topliss-reactive ketones (excluding diaryl/α,β-unsaturated/α-hetero) is 1. The number of carbonyl (C=O) groups is 1. The van der Waals surface area contributed by atoms with Crippen molar-refractivity contribution in [2.45, 2.75) is 19.3 Å². The third-order valence-corrected chi connectivity index (χ3v) is 1.89. The minimum atomic E-state index is -3.48. The van der Waals surface area contributed by atoms with Crippen LogP contribution < -0.4 is 0 Å². The summed E-state index contributed by atoms with van der Waals surface area (Å²) < 4.78 is 38.7. The molecule has 0 unspecified atom stereocenters. The Hall–Kier alpha value is -1.32. The summed E-state index contributed by atoms with van der Waals surface area (Å²) in [7, 11) is 0. The number of hydrogen-bond acceptors (Lipinski definition) is 1. The maximum atomic E-state index is 13.0. The molecule has 0 amide bonds. The zero-order valence-corrected chi connectivity index (χ0v) is 7.56. The number of hydrogen-bond donors (Lipinski definition) is 0. The van der Waals surface area contributed by atoms with Gasteiger partial charge in [0.2, 0.25) is 5.78 Å². The van der Waals surface area contributed by atoms with E-state index in [9.17, 15) is 18.0 Å². The van der Waals surface area contributed by atoms with Crippen LogP contribution in [0.4, 0.5) is 13.2 Å². The van der Waals surface area contributed by atoms with Crippen molar-refractivity contribution in [1.29, 1.82) is 0 Å². The standard InChI is InChI=1S/C10H9F3O/c1-2-10(12,13)9(14)7-5-3-4-6-8(7)11/h3-6H,2H2,1H3. The summed E-state index contributed by atoms with van der Waals surface area (Å²) in [5, 5.41) is 0. The monoisotopic (exact) mass is 202 g/mol. The summed E-state index contributed by atoms with van der Waals surface area (Å²) in [6, 6.07) is 4.73. The van der Waals surface area contributed by atoms with Crippen LogP contribution in [-0.2, 0) is 0 Å². The first kappa shape index (κ1) is 10.8. The van der Waals surface area contributed by atoms with Crippen molar-refractivity contribution in [2.75, 3.05) is 0 Å². The molecule has 0 aliphatic carbocycles. The molecule has 1 aromatic carbocycles. The van der Waals surface area contributed by atoms with Gasteiger partial charge < -0.3 is 0 Å². The van der Waals surface area contributed by atoms with E-state index in [2.05, 4.69) is 0 Å². The van der Waals surface area contributed by atoms with Gasteiger partial charge in [-0.1, -0.05) is 19.1 Å². The van der Waals surface area contributed by atoms with Crippen molar-refractivity contribution >= 4 is 5.78 Å². The topological polar surface area (TPSA) is 17.1 Å². The summed E-state index contributed by atoms with van der Waals surface area (Å²) in [5.41, 5.74) is -0.556. The summed E-state index contributed by atoms with van der Waals surface area (Å²) in [5.74, 6) is -5.86. The molecule has 76 valence electrons. The molecule has 14 heavy (non-hydrogen) atoms. The molecule has 0 spiro atoms. The fourth-order valence-electron chi connectivity index (χ4n) is 1.00. The first-order valence-corrected chi connectivity index (χ1v) is 4.16. The Bertz CT molecular complexity index is 347. The molecule has 0 fully saturated rings. The summed E-state index contributed by atoms with van der Waals surface area (Å²) in [4.78, 5) is 11.1. The summed E-state index contributed by atoms with van der Waals surface area (Å²) >= 11 is 0. The van der Waals surface area contributed by atoms with E-state index in [4.69, 9.17) is 0 Å². The second-order valence-corrected chi connectivity index (χ2v) is 2.87. The van der Waals surface area contributed by atoms with Gasteiger partial charge in [-0.05, 0) is 12.1 Å². The Kier molecular flexibility index (Phi) is 2.93. The Labute approximate surface area is 79.5 Å². The van der Waals surface area contributed by atoms with Crippen molar-refractivity contribution in [1.82, 2.24) is 0 Å². The van der Waals surface area contributed by atoms with Gasteiger partial charge in [-0.15, -0.1) is 0 Å². The van der Waals surface area contributed by atoms with E-state index in [0.29, 0.717) is 0 Å². The highest BCUT2D eigenvalue weighted by atomic mass is 19.3. The molecule has 0 bridgehead atoms. The highest BCUT2D eigenvalue weighted by Crippen LogP contribution is 2.24. The largest absolute Gasteiger partial charge is 0.309 e. The molecular formula is C10H9F3O. The van der Waals surface area contributed by atoms with E-state index >= 15 is 0 Å². The van der Waals surface area contributed by atoms with E-state index in [1.165, 1.54) is 19.1 Å². The van der Waals surface area contributed by atoms with Crippen molar-refractivity contribution in [3.05, 3.63) is 35.6 Å². The molecule has 1 aromatic rings. The number of benzene rings is 1. The normalized spacial score (nSPS) is 11.4. The second kappa shape index (κ2) is 3.82. The number of carbonyl (C=O) groups excluding carboxylic acids is 1. The zero-order chi connectivity index (χ0) is 10.8. The van der Waals surface area contributed by atoms with Gasteiger partial charge in [-0.3, -0.25) is 4.79 Å². The van der Waals surface area contributed by atoms with E-state index < -0.39 is 29.5 Å². The molecule has 0 aliphatic heterocycles. The van der Waals surface area contributed by atoms with E-state index in [-0.39, 0.29) is 0 Å². The van der Waals surface area contributed by atoms with Crippen LogP contribution >= 0.6 is 0 Å². The predicted molar refractivity (Wildman–Crippen MR) is 46.0 cm³/mol. The molecular weight excluding hydrogens is 193 g/mol. The number of halogens is 3. The maximum absolute atomic E-state index is 13.0. The quantitative estimate of drug-likeness (QED) is 0.688. The lowest BCUT2D eigenvalue weighted by Crippen LogP contribution is -2.28. The third kappa shape index (κ3) is 1.95. The lowest BCUT2D eigenvalue weighted by Gasteiger charge is -2.12. The number of alkyl halides is 2. The Balaban J connectivity index is 3.07. The van der Waals surface area contributed by atoms with Gasteiger partial charge in [0.15, 0.2) is 0 Å². The van der Waals surface area contributed by atoms with Crippen LogP contribution in [0.2, 0.25) is 0 Å². The van der Waals surface area contributed by atoms with E-state index in [1.807, 2.05) is 0 Å². The minimum Gasteiger partial charge on any atom is -0.287 e. The van der Waals surface area contributed by atoms with Crippen molar-refractivity contribution < 1.29 is 18.0 Å². The van der Waals surface area contributed by atoms with Gasteiger partial charge >= 0.3 is 5.92 Å². The van der Waals surface area contributed by atoms with Gasteiger partial charge in [-0.25, -0.2) is 4.39 Å². The molecule has 0 saturated carbocycles. The minimum absolute atomic E-state index is 0.556. The summed E-state index contributed by atoms with van der Waals surface area (Å²) in [6.07, 6.45) is -0.625. The van der Waals surface area contributed by atoms with Gasteiger partial charge in [0.25, 0.3) is 0 Å². The van der Waals surface area contributed by atoms with Crippen molar-refractivity contribution in [2.24, 2.45) is 0 Å². The van der Waals surface area contributed by atoms with Gasteiger partial charge in [0.1, 0.15) is 5.82 Å². The Morgan fingerprint density at radius 2 is 1.93 bits per heavy atom. The lowest BCUT2D eigenvalue weighted by molar-refractivity contribution is 0.00766. The molecule has 1 rings (SSSR count). The van der Waals surface area contributed by atoms with Gasteiger partial charge in [0, 0.05) is 6.42 Å². The number of ketones is 1. The first-order valence-electron chi connectivity index (χ1n) is 4.16. The van der Waals surface area contributed by atoms with Crippen molar-refractivity contribution in [3.63, 3.8) is 0 Å². The smallest absolute Gasteiger partial charge is 0.287 e. The molecule has 0 aromatic heterocycles. The molecule has 4 heteroatoms. The number of rotatable bonds is 3. The third-order valence-electron chi connectivity index (χ3n) is 1.89. The van der Waals surface area contributed by atoms with Crippen LogP contribution in [0.25, 0.3) is 0 Å². The average molecular weight is 202 g/mol. The van der Waals surface area contributed by atoms with Crippen LogP contribution in [0.15, 0.2) is 24.3 Å². The fraction of sp³-hybridized carbons (Fsp3) is 0.300. The Morgan fingerprint density at radius 3 is 2.43 bits per heavy atom. The van der Waals surface area contributed by atoms with Gasteiger partial charge in [0.05, 0.1) is 5.56 Å². The van der Waals surface area contributed by atoms with Crippen LogP contribution in [0.1, 0.15) is 23.7 Å². The molecule has 0 radical (unpaired) electrons. The molecule has 0 atom stereocenters. The fourth-order valence-corrected chi connectivity index (χ4v) is 1.00. The van der Waals surface area contributed by atoms with Crippen molar-refractivity contribution in [3.8, 4) is 0 Å². The van der Waals surface area contributed by atoms with E-state index in [0.717, 1.165) is 12.1 Å². The van der Waals surface area contributed by atoms with Crippen LogP contribution in [0, 0.1) is 5.82 Å². The second-order valence-electron chi connectivity index (χ2n) is 2.87. The van der Waals surface area contributed by atoms with Gasteiger partial charge in [-0.2, -0.15) is 8.78 Å². The molecule has 0 N–H and O–H groups in total. The molecule has 0 heterocycles. The Morgan fingerprint density at radius 1 is 1.36 bits per heavy atom. The highest BCUT2D eigenvalue weighted by Gasteiger charge is 2.38. The summed E-state index contributed by atoms with van der Waals surface area (Å²) in [6.45, 7) is 1.18. The highest BCUT2D eigenvalue weighted by molar-refractivity contribution is 6.01. The maximum Gasteiger partial charge on any atom is 0.309 e. The molecule has 0 saturated heterocycles. The zero-order valence-electron chi connectivity index (χ0n) is 7.56. The molecule has 1 nitrogen and oxygen atoms in total. The SMILES string of the molecule is CCC(F)(F)C(=O)c1ccccc1F. The lowest BCUT2D eigenvalue weighted by atomic mass is 10.0. The van der Waals surface area contributed by atoms with Crippen LogP contribution in [0.5, 0.6) is 0 Å². The first-order chi connectivity index (χ1) is 6.49. The molecule has 0 aliphatic rings. The predicted octanol–water partition coefficient (Wildman–Crippen LogP) is 3.05. The average Bonchev–Trinajstić information content (AvgIpc) is 2.17. The van der Waals surface area contributed by atoms with Crippen LogP contribution in [-0.4, -0.2) is 11.7 Å².